The smallest absolute Gasteiger partial charge is 0.348 e. The lowest BCUT2D eigenvalue weighted by Gasteiger charge is -2.21. The van der Waals surface area contributed by atoms with Crippen LogP contribution in [0.3, 0.4) is 0 Å². The minimum atomic E-state index is -3.47. The van der Waals surface area contributed by atoms with Gasteiger partial charge in [0, 0.05) is 0 Å². The quantitative estimate of drug-likeness (QED) is 0.876. The number of sulfonamides is 1. The predicted octanol–water partition coefficient (Wildman–Crippen LogP) is 2.77. The minimum absolute atomic E-state index is 0.0345. The van der Waals surface area contributed by atoms with Gasteiger partial charge in [0.05, 0.1) is 11.4 Å². The van der Waals surface area contributed by atoms with E-state index in [1.807, 2.05) is 0 Å². The molecule has 0 spiro atoms. The summed E-state index contributed by atoms with van der Waals surface area (Å²) in [5, 5.41) is 10.5. The number of thiophene rings is 1. The molecule has 7 heteroatoms. The van der Waals surface area contributed by atoms with Gasteiger partial charge in [0.15, 0.2) is 0 Å². The second-order valence-electron chi connectivity index (χ2n) is 4.86. The normalized spacial score (nSPS) is 17.3. The van der Waals surface area contributed by atoms with Crippen molar-refractivity contribution in [1.82, 2.24) is 0 Å². The molecule has 5 nitrogen and oxygen atoms in total. The number of anilines is 1. The third kappa shape index (κ3) is 3.94. The molecule has 2 N–H and O–H groups in total. The maximum atomic E-state index is 12.0. The molecule has 0 saturated heterocycles. The summed E-state index contributed by atoms with van der Waals surface area (Å²) in [7, 11) is -3.47. The Morgan fingerprint density at radius 1 is 1.37 bits per heavy atom. The van der Waals surface area contributed by atoms with Crippen LogP contribution >= 0.6 is 11.3 Å². The molecule has 1 aromatic rings. The number of carboxylic acids is 1. The van der Waals surface area contributed by atoms with Gasteiger partial charge in [0.2, 0.25) is 10.0 Å². The first-order valence-corrected chi connectivity index (χ1v) is 8.82. The van der Waals surface area contributed by atoms with E-state index in [9.17, 15) is 13.2 Å². The van der Waals surface area contributed by atoms with E-state index in [4.69, 9.17) is 5.11 Å². The topological polar surface area (TPSA) is 83.5 Å². The van der Waals surface area contributed by atoms with Crippen LogP contribution in [-0.2, 0) is 10.0 Å². The van der Waals surface area contributed by atoms with E-state index in [0.29, 0.717) is 0 Å². The summed E-state index contributed by atoms with van der Waals surface area (Å²) in [6.07, 6.45) is 5.22. The van der Waals surface area contributed by atoms with Crippen LogP contribution in [0.4, 0.5) is 5.69 Å². The fraction of sp³-hybridized carbons (Fsp3) is 0.583. The first kappa shape index (κ1) is 14.3. The van der Waals surface area contributed by atoms with E-state index < -0.39 is 16.0 Å². The van der Waals surface area contributed by atoms with Gasteiger partial charge in [0.25, 0.3) is 0 Å². The molecule has 1 fully saturated rings. The summed E-state index contributed by atoms with van der Waals surface area (Å²) < 4.78 is 26.5. The Balaban J connectivity index is 2.04. The first-order valence-electron chi connectivity index (χ1n) is 6.29. The van der Waals surface area contributed by atoms with E-state index in [1.165, 1.54) is 12.5 Å². The molecule has 1 aliphatic rings. The summed E-state index contributed by atoms with van der Waals surface area (Å²) in [6.45, 7) is 0. The van der Waals surface area contributed by atoms with Crippen LogP contribution in [0.1, 0.15) is 41.8 Å². The van der Waals surface area contributed by atoms with Crippen LogP contribution < -0.4 is 4.72 Å². The van der Waals surface area contributed by atoms with E-state index >= 15 is 0 Å². The van der Waals surface area contributed by atoms with Crippen molar-refractivity contribution in [2.75, 3.05) is 10.5 Å². The van der Waals surface area contributed by atoms with Crippen LogP contribution in [0.2, 0.25) is 0 Å². The molecule has 0 atom stereocenters. The highest BCUT2D eigenvalue weighted by atomic mass is 32.2. The lowest BCUT2D eigenvalue weighted by atomic mass is 9.91. The third-order valence-corrected chi connectivity index (χ3v) is 5.65. The van der Waals surface area contributed by atoms with Gasteiger partial charge in [-0.15, -0.1) is 11.3 Å². The zero-order valence-corrected chi connectivity index (χ0v) is 12.1. The van der Waals surface area contributed by atoms with E-state index in [1.54, 1.807) is 5.38 Å². The standard InChI is InChI=1S/C12H17NO4S2/c14-12(15)11-10(6-7-18-11)13-19(16,17)8-9-4-2-1-3-5-9/h6-7,9,13H,1-5,8H2,(H,14,15). The van der Waals surface area contributed by atoms with Crippen molar-refractivity contribution < 1.29 is 18.3 Å². The van der Waals surface area contributed by atoms with Crippen molar-refractivity contribution in [3.63, 3.8) is 0 Å². The summed E-state index contributed by atoms with van der Waals surface area (Å²) in [4.78, 5) is 11.0. The highest BCUT2D eigenvalue weighted by Crippen LogP contribution is 2.27. The van der Waals surface area contributed by atoms with Crippen molar-refractivity contribution >= 4 is 33.0 Å². The largest absolute Gasteiger partial charge is 0.477 e. The summed E-state index contributed by atoms with van der Waals surface area (Å²) >= 11 is 1.02. The Bertz CT molecular complexity index is 544. The van der Waals surface area contributed by atoms with Gasteiger partial charge >= 0.3 is 5.97 Å². The predicted molar refractivity (Wildman–Crippen MR) is 75.3 cm³/mol. The Morgan fingerprint density at radius 3 is 2.68 bits per heavy atom. The Morgan fingerprint density at radius 2 is 2.05 bits per heavy atom. The molecule has 0 aromatic carbocycles. The zero-order chi connectivity index (χ0) is 13.9. The molecule has 2 rings (SSSR count). The van der Waals surface area contributed by atoms with Gasteiger partial charge in [-0.3, -0.25) is 4.72 Å². The lowest BCUT2D eigenvalue weighted by Crippen LogP contribution is -2.24. The van der Waals surface area contributed by atoms with Crippen molar-refractivity contribution in [2.45, 2.75) is 32.1 Å². The fourth-order valence-electron chi connectivity index (χ4n) is 2.43. The number of hydrogen-bond acceptors (Lipinski definition) is 4. The number of hydrogen-bond donors (Lipinski definition) is 2. The average Bonchev–Trinajstić information content (AvgIpc) is 2.77. The highest BCUT2D eigenvalue weighted by molar-refractivity contribution is 7.92. The molecule has 1 aromatic heterocycles. The molecular formula is C12H17NO4S2. The van der Waals surface area contributed by atoms with Crippen molar-refractivity contribution in [3.05, 3.63) is 16.3 Å². The SMILES string of the molecule is O=C(O)c1sccc1NS(=O)(=O)CC1CCCCC1. The van der Waals surface area contributed by atoms with E-state index in [-0.39, 0.29) is 22.2 Å². The van der Waals surface area contributed by atoms with Crippen molar-refractivity contribution in [3.8, 4) is 0 Å². The number of aromatic carboxylic acids is 1. The molecule has 106 valence electrons. The molecule has 0 bridgehead atoms. The highest BCUT2D eigenvalue weighted by Gasteiger charge is 2.23. The summed E-state index contributed by atoms with van der Waals surface area (Å²) in [5.74, 6) is -0.828. The molecule has 0 aliphatic heterocycles. The van der Waals surface area contributed by atoms with Crippen LogP contribution in [0.15, 0.2) is 11.4 Å². The maximum absolute atomic E-state index is 12.0. The average molecular weight is 303 g/mol. The van der Waals surface area contributed by atoms with Crippen LogP contribution in [-0.4, -0.2) is 25.2 Å². The molecule has 0 radical (unpaired) electrons. The van der Waals surface area contributed by atoms with Gasteiger partial charge < -0.3 is 5.11 Å². The Hall–Kier alpha value is -1.08. The van der Waals surface area contributed by atoms with Gasteiger partial charge in [-0.25, -0.2) is 13.2 Å². The van der Waals surface area contributed by atoms with Gasteiger partial charge in [-0.05, 0) is 30.2 Å². The van der Waals surface area contributed by atoms with Crippen LogP contribution in [0, 0.1) is 5.92 Å². The molecule has 1 heterocycles. The van der Waals surface area contributed by atoms with Gasteiger partial charge in [0.1, 0.15) is 4.88 Å². The zero-order valence-electron chi connectivity index (χ0n) is 10.5. The van der Waals surface area contributed by atoms with E-state index in [0.717, 1.165) is 37.0 Å². The van der Waals surface area contributed by atoms with Gasteiger partial charge in [-0.1, -0.05) is 19.3 Å². The number of nitrogens with one attached hydrogen (secondary N) is 1. The summed E-state index contributed by atoms with van der Waals surface area (Å²) in [6, 6.07) is 1.49. The van der Waals surface area contributed by atoms with Crippen molar-refractivity contribution in [1.29, 1.82) is 0 Å². The van der Waals surface area contributed by atoms with Crippen molar-refractivity contribution in [2.24, 2.45) is 5.92 Å². The minimum Gasteiger partial charge on any atom is -0.477 e. The second kappa shape index (κ2) is 5.92. The fourth-order valence-corrected chi connectivity index (χ4v) is 4.72. The van der Waals surface area contributed by atoms with Crippen LogP contribution in [0.25, 0.3) is 0 Å². The maximum Gasteiger partial charge on any atom is 0.348 e. The number of rotatable bonds is 5. The van der Waals surface area contributed by atoms with Crippen LogP contribution in [0.5, 0.6) is 0 Å². The number of carboxylic acid groups (broad SMARTS) is 1. The second-order valence-corrected chi connectivity index (χ2v) is 7.54. The number of carbonyl (C=O) groups is 1. The molecular weight excluding hydrogens is 286 g/mol. The molecule has 0 amide bonds. The van der Waals surface area contributed by atoms with Gasteiger partial charge in [-0.2, -0.15) is 0 Å². The Kier molecular flexibility index (Phi) is 4.46. The molecule has 0 unspecified atom stereocenters. The molecule has 1 saturated carbocycles. The third-order valence-electron chi connectivity index (χ3n) is 3.30. The first-order chi connectivity index (χ1) is 8.98. The molecule has 19 heavy (non-hydrogen) atoms. The monoisotopic (exact) mass is 303 g/mol. The summed E-state index contributed by atoms with van der Waals surface area (Å²) in [5.41, 5.74) is 0.174. The lowest BCUT2D eigenvalue weighted by molar-refractivity contribution is 0.0703. The van der Waals surface area contributed by atoms with E-state index in [2.05, 4.69) is 4.72 Å². The Labute approximate surface area is 116 Å². The molecule has 1 aliphatic carbocycles.